The fourth-order valence-electron chi connectivity index (χ4n) is 2.91. The number of rotatable bonds is 5. The molecule has 0 fully saturated rings. The highest BCUT2D eigenvalue weighted by atomic mass is 32.1. The van der Waals surface area contributed by atoms with Crippen LogP contribution < -0.4 is 10.6 Å². The molecule has 0 bridgehead atoms. The topological polar surface area (TPSA) is 74.2 Å². The van der Waals surface area contributed by atoms with Gasteiger partial charge in [0.05, 0.1) is 18.8 Å². The number of aliphatic hydroxyl groups is 1. The van der Waals surface area contributed by atoms with Crippen molar-refractivity contribution in [1.82, 2.24) is 10.3 Å². The van der Waals surface area contributed by atoms with E-state index in [2.05, 4.69) is 15.6 Å². The molecule has 0 spiro atoms. The molecule has 1 aromatic rings. The number of anilines is 1. The second kappa shape index (κ2) is 10.7. The molecule has 0 aromatic carbocycles. The first-order valence-electron chi connectivity index (χ1n) is 8.89. The Morgan fingerprint density at radius 3 is 2.39 bits per heavy atom. The highest BCUT2D eigenvalue weighted by Crippen LogP contribution is 2.27. The smallest absolute Gasteiger partial charge is 0.240 e. The molecule has 0 saturated carbocycles. The van der Waals surface area contributed by atoms with Gasteiger partial charge >= 0.3 is 0 Å². The van der Waals surface area contributed by atoms with E-state index < -0.39 is 0 Å². The number of fused-ring (bicyclic) bond motifs is 1. The quantitative estimate of drug-likeness (QED) is 0.721. The Balaban J connectivity index is 1.92. The predicted octanol–water partition coefficient (Wildman–Crippen LogP) is 2.88. The van der Waals surface area contributed by atoms with E-state index in [9.17, 15) is 4.79 Å². The lowest BCUT2D eigenvalue weighted by Gasteiger charge is -2.06. The highest BCUT2D eigenvalue weighted by molar-refractivity contribution is 7.15. The molecule has 1 aromatic heterocycles. The monoisotopic (exact) mass is 339 g/mol. The average Bonchev–Trinajstić information content (AvgIpc) is 2.89. The minimum atomic E-state index is -0.0942. The van der Waals surface area contributed by atoms with E-state index in [-0.39, 0.29) is 19.1 Å². The zero-order valence-electron chi connectivity index (χ0n) is 13.9. The number of carbonyl (C=O) groups is 1. The van der Waals surface area contributed by atoms with Gasteiger partial charge in [-0.15, -0.1) is 11.3 Å². The largest absolute Gasteiger partial charge is 0.395 e. The summed E-state index contributed by atoms with van der Waals surface area (Å²) in [6.07, 6.45) is 12.5. The number of aryl methyl sites for hydroxylation is 2. The number of nitrogens with zero attached hydrogens (tertiary/aromatic N) is 1. The van der Waals surface area contributed by atoms with Crippen molar-refractivity contribution in [2.75, 3.05) is 25.0 Å². The lowest BCUT2D eigenvalue weighted by molar-refractivity contribution is -0.115. The van der Waals surface area contributed by atoms with Gasteiger partial charge in [0.25, 0.3) is 0 Å². The molecule has 0 radical (unpaired) electrons. The van der Waals surface area contributed by atoms with Crippen LogP contribution in [-0.2, 0) is 17.6 Å². The molecule has 23 heavy (non-hydrogen) atoms. The summed E-state index contributed by atoms with van der Waals surface area (Å²) < 4.78 is 0. The summed E-state index contributed by atoms with van der Waals surface area (Å²) in [5.74, 6) is -0.0942. The summed E-state index contributed by atoms with van der Waals surface area (Å²) in [6.45, 7) is 0.686. The predicted molar refractivity (Wildman–Crippen MR) is 95.0 cm³/mol. The van der Waals surface area contributed by atoms with Crippen LogP contribution in [0.15, 0.2) is 0 Å². The van der Waals surface area contributed by atoms with E-state index in [4.69, 9.17) is 5.11 Å². The van der Waals surface area contributed by atoms with Gasteiger partial charge in [-0.1, -0.05) is 38.5 Å². The zero-order chi connectivity index (χ0) is 16.3. The van der Waals surface area contributed by atoms with Gasteiger partial charge < -0.3 is 15.7 Å². The zero-order valence-corrected chi connectivity index (χ0v) is 14.7. The van der Waals surface area contributed by atoms with Crippen LogP contribution in [0, 0.1) is 0 Å². The van der Waals surface area contributed by atoms with Gasteiger partial charge in [0, 0.05) is 11.4 Å². The third-order valence-electron chi connectivity index (χ3n) is 4.17. The molecule has 1 heterocycles. The van der Waals surface area contributed by atoms with E-state index in [0.29, 0.717) is 6.54 Å². The molecule has 1 amide bonds. The van der Waals surface area contributed by atoms with E-state index in [1.165, 1.54) is 61.9 Å². The van der Waals surface area contributed by atoms with Crippen molar-refractivity contribution in [3.63, 3.8) is 0 Å². The van der Waals surface area contributed by atoms with Crippen LogP contribution in [0.3, 0.4) is 0 Å². The van der Waals surface area contributed by atoms with Crippen LogP contribution in [0.1, 0.15) is 61.9 Å². The average molecular weight is 340 g/mol. The van der Waals surface area contributed by atoms with Gasteiger partial charge in [-0.25, -0.2) is 4.98 Å². The lowest BCUT2D eigenvalue weighted by atomic mass is 10.0. The number of nitrogens with one attached hydrogen (secondary N) is 2. The fraction of sp³-hybridized carbons (Fsp3) is 0.765. The van der Waals surface area contributed by atoms with E-state index in [1.54, 1.807) is 11.3 Å². The first-order chi connectivity index (χ1) is 11.3. The molecule has 1 aliphatic rings. The van der Waals surface area contributed by atoms with Gasteiger partial charge in [0.2, 0.25) is 5.91 Å². The second-order valence-electron chi connectivity index (χ2n) is 6.17. The van der Waals surface area contributed by atoms with Crippen LogP contribution in [0.5, 0.6) is 0 Å². The van der Waals surface area contributed by atoms with Crippen LogP contribution in [-0.4, -0.2) is 35.7 Å². The Labute approximate surface area is 142 Å². The van der Waals surface area contributed by atoms with E-state index >= 15 is 0 Å². The fourth-order valence-corrected chi connectivity index (χ4v) is 3.98. The van der Waals surface area contributed by atoms with Crippen molar-refractivity contribution in [3.8, 4) is 0 Å². The maximum absolute atomic E-state index is 11.8. The van der Waals surface area contributed by atoms with Crippen molar-refractivity contribution in [3.05, 3.63) is 10.6 Å². The number of hydrogen-bond acceptors (Lipinski definition) is 5. The minimum Gasteiger partial charge on any atom is -0.395 e. The first kappa shape index (κ1) is 18.4. The van der Waals surface area contributed by atoms with E-state index in [0.717, 1.165) is 18.0 Å². The molecule has 3 N–H and O–H groups in total. The summed E-state index contributed by atoms with van der Waals surface area (Å²) in [6, 6.07) is 0. The molecule has 1 aliphatic carbocycles. The molecule has 5 nitrogen and oxygen atoms in total. The number of thiazole rings is 1. The van der Waals surface area contributed by atoms with Crippen LogP contribution in [0.2, 0.25) is 0 Å². The maximum atomic E-state index is 11.8. The van der Waals surface area contributed by atoms with E-state index in [1.807, 2.05) is 0 Å². The number of hydrogen-bond donors (Lipinski definition) is 3. The minimum absolute atomic E-state index is 0.0405. The molecule has 0 aliphatic heterocycles. The lowest BCUT2D eigenvalue weighted by Crippen LogP contribution is -2.29. The molecule has 6 heteroatoms. The number of aliphatic hydroxyl groups excluding tert-OH is 1. The van der Waals surface area contributed by atoms with Gasteiger partial charge in [-0.3, -0.25) is 4.79 Å². The molecule has 0 saturated heterocycles. The first-order valence-corrected chi connectivity index (χ1v) is 9.71. The molecule has 0 atom stereocenters. The van der Waals surface area contributed by atoms with Crippen LogP contribution in [0.4, 0.5) is 5.13 Å². The Bertz CT molecular complexity index is 447. The summed E-state index contributed by atoms with van der Waals surface area (Å²) in [4.78, 5) is 17.9. The maximum Gasteiger partial charge on any atom is 0.240 e. The SMILES string of the molecule is O=C(CNCCO)Nc1nc2c(s1)CCCCCCCCCC2. The summed E-state index contributed by atoms with van der Waals surface area (Å²) in [5.41, 5.74) is 1.19. The molecule has 0 unspecified atom stereocenters. The van der Waals surface area contributed by atoms with Gasteiger partial charge in [-0.2, -0.15) is 0 Å². The van der Waals surface area contributed by atoms with Crippen molar-refractivity contribution >= 4 is 22.4 Å². The Hall–Kier alpha value is -0.980. The second-order valence-corrected chi connectivity index (χ2v) is 7.25. The highest BCUT2D eigenvalue weighted by Gasteiger charge is 2.13. The van der Waals surface area contributed by atoms with Crippen molar-refractivity contribution in [2.45, 2.75) is 64.2 Å². The molecule has 130 valence electrons. The van der Waals surface area contributed by atoms with Gasteiger partial charge in [0.15, 0.2) is 5.13 Å². The van der Waals surface area contributed by atoms with Gasteiger partial charge in [-0.05, 0) is 25.7 Å². The van der Waals surface area contributed by atoms with Crippen molar-refractivity contribution in [1.29, 1.82) is 0 Å². The Kier molecular flexibility index (Phi) is 8.57. The summed E-state index contributed by atoms with van der Waals surface area (Å²) >= 11 is 1.63. The number of amides is 1. The summed E-state index contributed by atoms with van der Waals surface area (Å²) in [7, 11) is 0. The standard InChI is InChI=1S/C17H29N3O2S/c21-12-11-18-13-16(22)20-17-19-14-9-7-5-3-1-2-4-6-8-10-15(14)23-17/h18,21H,1-13H2,(H,19,20,22). The number of aromatic nitrogens is 1. The van der Waals surface area contributed by atoms with Crippen LogP contribution in [0.25, 0.3) is 0 Å². The third-order valence-corrected chi connectivity index (χ3v) is 5.24. The summed E-state index contributed by atoms with van der Waals surface area (Å²) in [5, 5.41) is 15.2. The van der Waals surface area contributed by atoms with Crippen molar-refractivity contribution < 1.29 is 9.90 Å². The number of carbonyl (C=O) groups excluding carboxylic acids is 1. The van der Waals surface area contributed by atoms with Gasteiger partial charge in [0.1, 0.15) is 0 Å². The molecular weight excluding hydrogens is 310 g/mol. The normalized spacial score (nSPS) is 16.9. The Morgan fingerprint density at radius 1 is 1.04 bits per heavy atom. The molecule has 2 rings (SSSR count). The molecular formula is C17H29N3O2S. The third kappa shape index (κ3) is 6.97. The van der Waals surface area contributed by atoms with Crippen LogP contribution >= 0.6 is 11.3 Å². The Morgan fingerprint density at radius 2 is 1.70 bits per heavy atom. The van der Waals surface area contributed by atoms with Crippen molar-refractivity contribution in [2.24, 2.45) is 0 Å².